The Morgan fingerprint density at radius 3 is 3.06 bits per heavy atom. The van der Waals surface area contributed by atoms with Crippen LogP contribution < -0.4 is 10.6 Å². The van der Waals surface area contributed by atoms with Crippen molar-refractivity contribution in [3.8, 4) is 0 Å². The number of aromatic amines is 1. The third-order valence-electron chi connectivity index (χ3n) is 2.89. The van der Waals surface area contributed by atoms with Crippen LogP contribution in [0.15, 0.2) is 18.2 Å². The third kappa shape index (κ3) is 1.60. The summed E-state index contributed by atoms with van der Waals surface area (Å²) in [6.07, 6.45) is 0.699. The highest BCUT2D eigenvalue weighted by molar-refractivity contribution is 6.04. The predicted molar refractivity (Wildman–Crippen MR) is 62.6 cm³/mol. The summed E-state index contributed by atoms with van der Waals surface area (Å²) in [5.74, 6) is -0.657. The van der Waals surface area contributed by atoms with E-state index in [0.717, 1.165) is 5.56 Å². The summed E-state index contributed by atoms with van der Waals surface area (Å²) in [4.78, 5) is 17.4. The van der Waals surface area contributed by atoms with Crippen LogP contribution in [0.5, 0.6) is 0 Å². The van der Waals surface area contributed by atoms with Crippen LogP contribution >= 0.6 is 0 Å². The highest BCUT2D eigenvalue weighted by atomic mass is 19.1. The van der Waals surface area contributed by atoms with E-state index in [1.165, 1.54) is 17.0 Å². The number of rotatable bonds is 1. The number of fused-ring (bicyclic) bond motifs is 1. The molecule has 1 aromatic heterocycles. The number of nitrogens with zero attached hydrogens (tertiary/aromatic N) is 3. The molecule has 2 aromatic rings. The molecule has 0 unspecified atom stereocenters. The van der Waals surface area contributed by atoms with Crippen LogP contribution in [0.1, 0.15) is 16.2 Å². The van der Waals surface area contributed by atoms with E-state index in [1.807, 2.05) is 0 Å². The summed E-state index contributed by atoms with van der Waals surface area (Å²) in [6, 6.07) is 4.42. The highest BCUT2D eigenvalue weighted by Crippen LogP contribution is 2.29. The number of aromatic nitrogens is 3. The van der Waals surface area contributed by atoms with Crippen molar-refractivity contribution < 1.29 is 9.18 Å². The Balaban J connectivity index is 1.96. The van der Waals surface area contributed by atoms with E-state index in [1.54, 1.807) is 6.07 Å². The highest BCUT2D eigenvalue weighted by Gasteiger charge is 2.27. The van der Waals surface area contributed by atoms with E-state index >= 15 is 0 Å². The molecule has 1 aliphatic rings. The van der Waals surface area contributed by atoms with Crippen molar-refractivity contribution in [2.75, 3.05) is 17.2 Å². The minimum Gasteiger partial charge on any atom is -0.366 e. The van der Waals surface area contributed by atoms with Crippen LogP contribution in [-0.2, 0) is 6.42 Å². The maximum atomic E-state index is 13.2. The van der Waals surface area contributed by atoms with Gasteiger partial charge in [-0.1, -0.05) is 6.07 Å². The second-order valence-corrected chi connectivity index (χ2v) is 4.02. The molecule has 6 nitrogen and oxygen atoms in total. The van der Waals surface area contributed by atoms with Gasteiger partial charge in [0.15, 0.2) is 0 Å². The first-order valence-electron chi connectivity index (χ1n) is 5.43. The number of amides is 1. The smallest absolute Gasteiger partial charge is 0.295 e. The number of carbonyl (C=O) groups is 1. The Morgan fingerprint density at radius 2 is 2.33 bits per heavy atom. The third-order valence-corrected chi connectivity index (χ3v) is 2.89. The minimum atomic E-state index is -0.370. The Labute approximate surface area is 102 Å². The van der Waals surface area contributed by atoms with Gasteiger partial charge in [-0.3, -0.25) is 9.89 Å². The number of hydrogen-bond acceptors (Lipinski definition) is 4. The summed E-state index contributed by atoms with van der Waals surface area (Å²) >= 11 is 0. The molecule has 0 fully saturated rings. The molecule has 0 radical (unpaired) electrons. The molecule has 1 aliphatic heterocycles. The fraction of sp³-hybridized carbons (Fsp3) is 0.182. The van der Waals surface area contributed by atoms with Crippen molar-refractivity contribution >= 4 is 17.5 Å². The van der Waals surface area contributed by atoms with Crippen LogP contribution in [0, 0.1) is 5.82 Å². The maximum Gasteiger partial charge on any atom is 0.295 e. The van der Waals surface area contributed by atoms with E-state index in [-0.39, 0.29) is 23.5 Å². The first-order chi connectivity index (χ1) is 8.65. The lowest BCUT2D eigenvalue weighted by molar-refractivity contribution is 0.0980. The van der Waals surface area contributed by atoms with E-state index < -0.39 is 0 Å². The van der Waals surface area contributed by atoms with Gasteiger partial charge in [0, 0.05) is 6.54 Å². The maximum absolute atomic E-state index is 13.2. The van der Waals surface area contributed by atoms with Crippen molar-refractivity contribution in [3.05, 3.63) is 35.4 Å². The summed E-state index contributed by atoms with van der Waals surface area (Å²) < 4.78 is 13.2. The van der Waals surface area contributed by atoms with Crippen molar-refractivity contribution in [1.29, 1.82) is 0 Å². The second kappa shape index (κ2) is 3.80. The minimum absolute atomic E-state index is 0.0111. The number of benzene rings is 1. The Kier molecular flexibility index (Phi) is 2.26. The van der Waals surface area contributed by atoms with Gasteiger partial charge in [-0.05, 0) is 24.1 Å². The van der Waals surface area contributed by atoms with E-state index in [9.17, 15) is 9.18 Å². The number of H-pyrrole nitrogens is 1. The molecule has 3 N–H and O–H groups in total. The van der Waals surface area contributed by atoms with Gasteiger partial charge >= 0.3 is 0 Å². The Hall–Kier alpha value is -2.44. The van der Waals surface area contributed by atoms with Crippen molar-refractivity contribution in [1.82, 2.24) is 15.2 Å². The monoisotopic (exact) mass is 247 g/mol. The summed E-state index contributed by atoms with van der Waals surface area (Å²) in [5, 5.41) is 6.06. The van der Waals surface area contributed by atoms with Gasteiger partial charge in [0.2, 0.25) is 11.8 Å². The first kappa shape index (κ1) is 10.7. The first-order valence-corrected chi connectivity index (χ1v) is 5.43. The average molecular weight is 247 g/mol. The Morgan fingerprint density at radius 1 is 1.50 bits per heavy atom. The molecule has 1 amide bonds. The van der Waals surface area contributed by atoms with E-state index in [0.29, 0.717) is 18.7 Å². The lowest BCUT2D eigenvalue weighted by Crippen LogP contribution is -2.29. The van der Waals surface area contributed by atoms with Gasteiger partial charge in [-0.15, -0.1) is 5.10 Å². The molecule has 7 heteroatoms. The SMILES string of the molecule is Nc1n[nH]c(C(=O)N2CCc3ccc(F)cc32)n1. The fourth-order valence-electron chi connectivity index (χ4n) is 2.06. The zero-order valence-corrected chi connectivity index (χ0v) is 9.35. The normalized spacial score (nSPS) is 13.7. The van der Waals surface area contributed by atoms with Crippen molar-refractivity contribution in [2.45, 2.75) is 6.42 Å². The molecular weight excluding hydrogens is 237 g/mol. The van der Waals surface area contributed by atoms with Gasteiger partial charge < -0.3 is 10.6 Å². The molecule has 2 heterocycles. The molecule has 1 aromatic carbocycles. The second-order valence-electron chi connectivity index (χ2n) is 4.02. The number of carbonyl (C=O) groups excluding carboxylic acids is 1. The quantitative estimate of drug-likeness (QED) is 0.777. The van der Waals surface area contributed by atoms with Gasteiger partial charge in [0.25, 0.3) is 5.91 Å². The number of nitrogens with one attached hydrogen (secondary N) is 1. The van der Waals surface area contributed by atoms with E-state index in [2.05, 4.69) is 15.2 Å². The van der Waals surface area contributed by atoms with Crippen molar-refractivity contribution in [2.24, 2.45) is 0 Å². The van der Waals surface area contributed by atoms with E-state index in [4.69, 9.17) is 5.73 Å². The lowest BCUT2D eigenvalue weighted by atomic mass is 10.2. The van der Waals surface area contributed by atoms with Crippen LogP contribution in [0.2, 0.25) is 0 Å². The summed E-state index contributed by atoms with van der Waals surface area (Å²) in [5.41, 5.74) is 6.87. The Bertz CT molecular complexity index is 624. The van der Waals surface area contributed by atoms with Gasteiger partial charge in [0.05, 0.1) is 5.69 Å². The molecular formula is C11H10FN5O. The zero-order chi connectivity index (χ0) is 12.7. The topological polar surface area (TPSA) is 87.9 Å². The van der Waals surface area contributed by atoms with Crippen LogP contribution in [0.3, 0.4) is 0 Å². The van der Waals surface area contributed by atoms with Crippen molar-refractivity contribution in [3.63, 3.8) is 0 Å². The molecule has 0 aliphatic carbocycles. The average Bonchev–Trinajstić information content (AvgIpc) is 2.94. The molecule has 3 rings (SSSR count). The number of nitrogens with two attached hydrogens (primary N) is 1. The van der Waals surface area contributed by atoms with Gasteiger partial charge in [-0.25, -0.2) is 4.39 Å². The molecule has 0 saturated carbocycles. The number of halogens is 1. The summed E-state index contributed by atoms with van der Waals surface area (Å²) in [6.45, 7) is 0.498. The van der Waals surface area contributed by atoms with Gasteiger partial charge in [-0.2, -0.15) is 4.98 Å². The standard InChI is InChI=1S/C11H10FN5O/c12-7-2-1-6-3-4-17(8(6)5-7)10(18)9-14-11(13)16-15-9/h1-2,5H,3-4H2,(H3,13,14,15,16). The number of hydrogen-bond donors (Lipinski definition) is 2. The number of nitrogen functional groups attached to an aromatic ring is 1. The molecule has 0 atom stereocenters. The molecule has 0 bridgehead atoms. The molecule has 0 saturated heterocycles. The van der Waals surface area contributed by atoms with Crippen LogP contribution in [-0.4, -0.2) is 27.6 Å². The molecule has 0 spiro atoms. The summed E-state index contributed by atoms with van der Waals surface area (Å²) in [7, 11) is 0. The largest absolute Gasteiger partial charge is 0.366 e. The molecule has 18 heavy (non-hydrogen) atoms. The predicted octanol–water partition coefficient (Wildman–Crippen LogP) is 0.729. The van der Waals surface area contributed by atoms with Crippen LogP contribution in [0.25, 0.3) is 0 Å². The molecule has 92 valence electrons. The lowest BCUT2D eigenvalue weighted by Gasteiger charge is -2.15. The van der Waals surface area contributed by atoms with Gasteiger partial charge in [0.1, 0.15) is 5.82 Å². The zero-order valence-electron chi connectivity index (χ0n) is 9.35. The fourth-order valence-corrected chi connectivity index (χ4v) is 2.06. The van der Waals surface area contributed by atoms with Crippen LogP contribution in [0.4, 0.5) is 16.0 Å². The number of anilines is 2.